The molecule has 1 fully saturated rings. The quantitative estimate of drug-likeness (QED) is 0.762. The summed E-state index contributed by atoms with van der Waals surface area (Å²) in [6.07, 6.45) is 7.35. The minimum atomic E-state index is -0.393. The molecule has 3 aromatic heterocycles. The van der Waals surface area contributed by atoms with Crippen LogP contribution in [0.3, 0.4) is 0 Å². The zero-order chi connectivity index (χ0) is 16.4. The fourth-order valence-electron chi connectivity index (χ4n) is 3.49. The molecule has 0 aliphatic carbocycles. The lowest BCUT2D eigenvalue weighted by Gasteiger charge is -2.32. The minimum absolute atomic E-state index is 0.393. The highest BCUT2D eigenvalue weighted by Gasteiger charge is 2.25. The normalized spacial score (nSPS) is 18.2. The number of aliphatic hydroxyl groups is 1. The number of fused-ring (bicyclic) bond motifs is 1. The van der Waals surface area contributed by atoms with E-state index >= 15 is 0 Å². The van der Waals surface area contributed by atoms with Crippen LogP contribution in [0.2, 0.25) is 0 Å². The van der Waals surface area contributed by atoms with Crippen molar-refractivity contribution in [3.05, 3.63) is 48.7 Å². The molecule has 0 amide bonds. The number of rotatable bonds is 5. The molecule has 7 nitrogen and oxygen atoms in total. The van der Waals surface area contributed by atoms with Crippen LogP contribution < -0.4 is 0 Å². The Morgan fingerprint density at radius 3 is 2.75 bits per heavy atom. The highest BCUT2D eigenvalue weighted by molar-refractivity contribution is 5.37. The number of nitrogens with zero attached hydrogens (tertiary/aromatic N) is 6. The maximum absolute atomic E-state index is 10.2. The molecular weight excluding hydrogens is 304 g/mol. The fraction of sp³-hybridized carbons (Fsp3) is 0.471. The first-order chi connectivity index (χ1) is 11.8. The van der Waals surface area contributed by atoms with E-state index < -0.39 is 6.10 Å². The van der Waals surface area contributed by atoms with Crippen molar-refractivity contribution in [1.82, 2.24) is 29.3 Å². The van der Waals surface area contributed by atoms with Crippen molar-refractivity contribution in [3.63, 3.8) is 0 Å². The van der Waals surface area contributed by atoms with E-state index in [9.17, 15) is 5.11 Å². The van der Waals surface area contributed by atoms with E-state index in [1.165, 1.54) is 0 Å². The van der Waals surface area contributed by atoms with Crippen LogP contribution in [0.15, 0.2) is 42.9 Å². The molecule has 1 aliphatic rings. The Morgan fingerprint density at radius 2 is 1.96 bits per heavy atom. The molecule has 1 N–H and O–H groups in total. The summed E-state index contributed by atoms with van der Waals surface area (Å²) in [5.74, 6) is 1.49. The number of aliphatic hydroxyl groups excluding tert-OH is 1. The Labute approximate surface area is 140 Å². The van der Waals surface area contributed by atoms with Crippen molar-refractivity contribution >= 4 is 5.65 Å². The first-order valence-electron chi connectivity index (χ1n) is 8.47. The smallest absolute Gasteiger partial charge is 0.160 e. The van der Waals surface area contributed by atoms with Crippen LogP contribution >= 0.6 is 0 Å². The molecule has 0 saturated carbocycles. The zero-order valence-electron chi connectivity index (χ0n) is 13.6. The Kier molecular flexibility index (Phi) is 4.27. The summed E-state index contributed by atoms with van der Waals surface area (Å²) in [5, 5.41) is 23.0. The average molecular weight is 326 g/mol. The molecule has 4 heterocycles. The average Bonchev–Trinajstić information content (AvgIpc) is 3.25. The van der Waals surface area contributed by atoms with E-state index in [2.05, 4.69) is 24.6 Å². The van der Waals surface area contributed by atoms with Gasteiger partial charge in [-0.05, 0) is 44.1 Å². The van der Waals surface area contributed by atoms with E-state index in [0.717, 1.165) is 37.4 Å². The first kappa shape index (κ1) is 15.3. The Morgan fingerprint density at radius 1 is 1.08 bits per heavy atom. The number of hydrogen-bond acceptors (Lipinski definition) is 5. The Balaban J connectivity index is 1.33. The minimum Gasteiger partial charge on any atom is -0.390 e. The third-order valence-electron chi connectivity index (χ3n) is 4.72. The molecule has 7 heteroatoms. The maximum atomic E-state index is 10.2. The standard InChI is InChI=1S/C17H22N6O/c24-15(13-22-8-3-7-18-22)12-21-10-5-14(6-11-21)17-20-19-16-4-1-2-9-23(16)17/h1-4,7-9,14-15,24H,5-6,10-13H2. The van der Waals surface area contributed by atoms with Gasteiger partial charge in [-0.15, -0.1) is 10.2 Å². The van der Waals surface area contributed by atoms with Gasteiger partial charge in [0.05, 0.1) is 12.6 Å². The molecule has 0 spiro atoms. The Bertz CT molecular complexity index is 775. The van der Waals surface area contributed by atoms with Crippen LogP contribution in [0.4, 0.5) is 0 Å². The van der Waals surface area contributed by atoms with Crippen LogP contribution in [-0.4, -0.2) is 60.1 Å². The van der Waals surface area contributed by atoms with Gasteiger partial charge in [-0.2, -0.15) is 5.10 Å². The van der Waals surface area contributed by atoms with Gasteiger partial charge in [0.1, 0.15) is 5.82 Å². The highest BCUT2D eigenvalue weighted by Crippen LogP contribution is 2.27. The molecular formula is C17H22N6O. The summed E-state index contributed by atoms with van der Waals surface area (Å²) in [7, 11) is 0. The second-order valence-corrected chi connectivity index (χ2v) is 6.44. The maximum Gasteiger partial charge on any atom is 0.160 e. The van der Waals surface area contributed by atoms with Gasteiger partial charge < -0.3 is 10.0 Å². The highest BCUT2D eigenvalue weighted by atomic mass is 16.3. The number of aromatic nitrogens is 5. The molecule has 1 atom stereocenters. The van der Waals surface area contributed by atoms with Crippen molar-refractivity contribution in [2.45, 2.75) is 31.4 Å². The van der Waals surface area contributed by atoms with Crippen molar-refractivity contribution in [2.75, 3.05) is 19.6 Å². The number of pyridine rings is 1. The SMILES string of the molecule is OC(CN1CCC(c2nnc3ccccn23)CC1)Cn1cccn1. The summed E-state index contributed by atoms with van der Waals surface area (Å²) < 4.78 is 3.87. The van der Waals surface area contributed by atoms with E-state index in [1.54, 1.807) is 10.9 Å². The van der Waals surface area contributed by atoms with Gasteiger partial charge >= 0.3 is 0 Å². The molecule has 0 aromatic carbocycles. The molecule has 0 radical (unpaired) electrons. The molecule has 24 heavy (non-hydrogen) atoms. The van der Waals surface area contributed by atoms with Gasteiger partial charge in [0.25, 0.3) is 0 Å². The summed E-state index contributed by atoms with van der Waals surface area (Å²) >= 11 is 0. The van der Waals surface area contributed by atoms with Gasteiger partial charge in [0.15, 0.2) is 5.65 Å². The zero-order valence-corrected chi connectivity index (χ0v) is 13.6. The van der Waals surface area contributed by atoms with Crippen molar-refractivity contribution in [3.8, 4) is 0 Å². The van der Waals surface area contributed by atoms with Crippen LogP contribution in [-0.2, 0) is 6.54 Å². The summed E-state index contributed by atoms with van der Waals surface area (Å²) in [5.41, 5.74) is 0.907. The molecule has 3 aromatic rings. The lowest BCUT2D eigenvalue weighted by Crippen LogP contribution is -2.40. The number of likely N-dealkylation sites (tertiary alicyclic amines) is 1. The molecule has 1 saturated heterocycles. The monoisotopic (exact) mass is 326 g/mol. The van der Waals surface area contributed by atoms with Gasteiger partial charge in [0.2, 0.25) is 0 Å². The summed E-state index contributed by atoms with van der Waals surface area (Å²) in [4.78, 5) is 2.33. The van der Waals surface area contributed by atoms with Crippen molar-refractivity contribution in [2.24, 2.45) is 0 Å². The van der Waals surface area contributed by atoms with Crippen molar-refractivity contribution in [1.29, 1.82) is 0 Å². The number of β-amino-alcohol motifs (C(OH)–C–C–N with tert-alkyl or cyclic N) is 1. The largest absolute Gasteiger partial charge is 0.390 e. The third-order valence-corrected chi connectivity index (χ3v) is 4.72. The molecule has 0 bridgehead atoms. The Hall–Kier alpha value is -2.25. The van der Waals surface area contributed by atoms with Crippen LogP contribution in [0.1, 0.15) is 24.6 Å². The van der Waals surface area contributed by atoms with E-state index in [0.29, 0.717) is 19.0 Å². The van der Waals surface area contributed by atoms with Gasteiger partial charge in [-0.3, -0.25) is 9.08 Å². The van der Waals surface area contributed by atoms with E-state index in [4.69, 9.17) is 0 Å². The van der Waals surface area contributed by atoms with Crippen molar-refractivity contribution < 1.29 is 5.11 Å². The second-order valence-electron chi connectivity index (χ2n) is 6.44. The van der Waals surface area contributed by atoms with E-state index in [1.807, 2.05) is 36.7 Å². The lowest BCUT2D eigenvalue weighted by molar-refractivity contribution is 0.0817. The summed E-state index contributed by atoms with van der Waals surface area (Å²) in [6.45, 7) is 3.18. The second kappa shape index (κ2) is 6.70. The van der Waals surface area contributed by atoms with Gasteiger partial charge in [0, 0.05) is 31.1 Å². The number of hydrogen-bond donors (Lipinski definition) is 1. The number of piperidine rings is 1. The van der Waals surface area contributed by atoms with E-state index in [-0.39, 0.29) is 0 Å². The third kappa shape index (κ3) is 3.18. The van der Waals surface area contributed by atoms with Crippen LogP contribution in [0, 0.1) is 0 Å². The molecule has 126 valence electrons. The molecule has 1 aliphatic heterocycles. The molecule has 4 rings (SSSR count). The van der Waals surface area contributed by atoms with Crippen LogP contribution in [0.25, 0.3) is 5.65 Å². The predicted octanol–water partition coefficient (Wildman–Crippen LogP) is 1.17. The first-order valence-corrected chi connectivity index (χ1v) is 8.47. The van der Waals surface area contributed by atoms with Gasteiger partial charge in [-0.25, -0.2) is 0 Å². The van der Waals surface area contributed by atoms with Crippen LogP contribution in [0.5, 0.6) is 0 Å². The predicted molar refractivity (Wildman–Crippen MR) is 89.6 cm³/mol. The lowest BCUT2D eigenvalue weighted by atomic mass is 9.96. The molecule has 1 unspecified atom stereocenters. The topological polar surface area (TPSA) is 71.5 Å². The fourth-order valence-corrected chi connectivity index (χ4v) is 3.49. The van der Waals surface area contributed by atoms with Gasteiger partial charge in [-0.1, -0.05) is 6.07 Å². The summed E-state index contributed by atoms with van der Waals surface area (Å²) in [6, 6.07) is 7.86.